The molecule has 0 spiro atoms. The molecule has 1 aromatic carbocycles. The molecular formula is C19H16FN5O2S. The average molecular weight is 397 g/mol. The van der Waals surface area contributed by atoms with E-state index in [1.165, 1.54) is 24.9 Å². The Kier molecular flexibility index (Phi) is 4.82. The fourth-order valence-corrected chi connectivity index (χ4v) is 3.65. The largest absolute Gasteiger partial charge is 0.465 e. The van der Waals surface area contributed by atoms with E-state index in [9.17, 15) is 9.18 Å². The van der Waals surface area contributed by atoms with Crippen LogP contribution in [0.25, 0.3) is 17.0 Å². The first kappa shape index (κ1) is 18.2. The Morgan fingerprint density at radius 1 is 1.21 bits per heavy atom. The number of imidazole rings is 1. The lowest BCUT2D eigenvalue weighted by molar-refractivity contribution is 0.0602. The average Bonchev–Trinajstić information content (AvgIpc) is 3.29. The van der Waals surface area contributed by atoms with Crippen molar-refractivity contribution in [1.82, 2.24) is 24.1 Å². The second kappa shape index (κ2) is 7.43. The lowest BCUT2D eigenvalue weighted by Gasteiger charge is -2.04. The third kappa shape index (κ3) is 3.24. The van der Waals surface area contributed by atoms with Crippen LogP contribution in [0.3, 0.4) is 0 Å². The highest BCUT2D eigenvalue weighted by molar-refractivity contribution is 7.98. The second-order valence-electron chi connectivity index (χ2n) is 6.01. The monoisotopic (exact) mass is 397 g/mol. The highest BCUT2D eigenvalue weighted by atomic mass is 32.2. The first-order valence-electron chi connectivity index (χ1n) is 8.40. The van der Waals surface area contributed by atoms with Crippen molar-refractivity contribution < 1.29 is 13.9 Å². The summed E-state index contributed by atoms with van der Waals surface area (Å²) in [4.78, 5) is 16.4. The molecule has 0 saturated carbocycles. The normalized spacial score (nSPS) is 11.1. The van der Waals surface area contributed by atoms with Crippen LogP contribution in [0, 0.1) is 5.82 Å². The van der Waals surface area contributed by atoms with Gasteiger partial charge in [-0.1, -0.05) is 23.9 Å². The number of aromatic nitrogens is 5. The zero-order chi connectivity index (χ0) is 19.7. The van der Waals surface area contributed by atoms with Crippen molar-refractivity contribution in [3.63, 3.8) is 0 Å². The molecule has 0 radical (unpaired) electrons. The topological polar surface area (TPSA) is 74.3 Å². The summed E-state index contributed by atoms with van der Waals surface area (Å²) < 4.78 is 22.4. The van der Waals surface area contributed by atoms with E-state index in [4.69, 9.17) is 4.74 Å². The quantitative estimate of drug-likeness (QED) is 0.380. The minimum absolute atomic E-state index is 0.342. The SMILES string of the molecule is COC(=O)c1cccn2cc(CSc3nnc(-c4ccccc4F)n3C)nc12. The van der Waals surface area contributed by atoms with Gasteiger partial charge in [-0.2, -0.15) is 0 Å². The van der Waals surface area contributed by atoms with Gasteiger partial charge in [-0.05, 0) is 24.3 Å². The predicted octanol–water partition coefficient (Wildman–Crippen LogP) is 3.35. The molecule has 28 heavy (non-hydrogen) atoms. The molecule has 3 heterocycles. The number of carbonyl (C=O) groups excluding carboxylic acids is 1. The van der Waals surface area contributed by atoms with Crippen molar-refractivity contribution in [1.29, 1.82) is 0 Å². The molecule has 0 amide bonds. The number of ether oxygens (including phenoxy) is 1. The minimum Gasteiger partial charge on any atom is -0.465 e. The first-order chi connectivity index (χ1) is 13.6. The number of thioether (sulfide) groups is 1. The molecule has 7 nitrogen and oxygen atoms in total. The highest BCUT2D eigenvalue weighted by Crippen LogP contribution is 2.26. The number of hydrogen-bond acceptors (Lipinski definition) is 6. The zero-order valence-electron chi connectivity index (χ0n) is 15.2. The summed E-state index contributed by atoms with van der Waals surface area (Å²) >= 11 is 1.43. The number of nitrogens with zero attached hydrogens (tertiary/aromatic N) is 5. The van der Waals surface area contributed by atoms with Gasteiger partial charge in [-0.25, -0.2) is 14.2 Å². The van der Waals surface area contributed by atoms with Crippen LogP contribution in [0.1, 0.15) is 16.1 Å². The Labute approximate surface area is 164 Å². The van der Waals surface area contributed by atoms with Crippen LogP contribution in [0.4, 0.5) is 4.39 Å². The van der Waals surface area contributed by atoms with Gasteiger partial charge in [0.05, 0.1) is 18.4 Å². The third-order valence-corrected chi connectivity index (χ3v) is 5.29. The summed E-state index contributed by atoms with van der Waals surface area (Å²) in [5.41, 5.74) is 2.12. The summed E-state index contributed by atoms with van der Waals surface area (Å²) in [6.07, 6.45) is 3.67. The second-order valence-corrected chi connectivity index (χ2v) is 6.95. The maximum absolute atomic E-state index is 14.0. The van der Waals surface area contributed by atoms with Crippen LogP contribution in [0.15, 0.2) is 53.9 Å². The maximum atomic E-state index is 14.0. The van der Waals surface area contributed by atoms with Crippen LogP contribution >= 0.6 is 11.8 Å². The van der Waals surface area contributed by atoms with Gasteiger partial charge in [-0.3, -0.25) is 0 Å². The Morgan fingerprint density at radius 3 is 2.82 bits per heavy atom. The van der Waals surface area contributed by atoms with E-state index >= 15 is 0 Å². The lowest BCUT2D eigenvalue weighted by Crippen LogP contribution is -2.03. The van der Waals surface area contributed by atoms with E-state index in [1.54, 1.807) is 46.3 Å². The van der Waals surface area contributed by atoms with Crippen molar-refractivity contribution in [2.75, 3.05) is 7.11 Å². The van der Waals surface area contributed by atoms with Crippen molar-refractivity contribution in [2.24, 2.45) is 7.05 Å². The predicted molar refractivity (Wildman–Crippen MR) is 102 cm³/mol. The molecule has 0 aliphatic heterocycles. The molecule has 0 N–H and O–H groups in total. The van der Waals surface area contributed by atoms with E-state index in [1.807, 2.05) is 12.4 Å². The Balaban J connectivity index is 1.57. The van der Waals surface area contributed by atoms with Gasteiger partial charge < -0.3 is 13.7 Å². The van der Waals surface area contributed by atoms with E-state index in [-0.39, 0.29) is 5.82 Å². The minimum atomic E-state index is -0.432. The molecule has 0 bridgehead atoms. The summed E-state index contributed by atoms with van der Waals surface area (Å²) in [5.74, 6) is 0.206. The smallest absolute Gasteiger partial charge is 0.341 e. The standard InChI is InChI=1S/C19H16FN5O2S/c1-24-17(13-6-3-4-8-15(13)20)22-23-19(24)28-11-12-10-25-9-5-7-14(16(25)21-12)18(26)27-2/h3-10H,11H2,1-2H3. The van der Waals surface area contributed by atoms with E-state index < -0.39 is 5.97 Å². The summed E-state index contributed by atoms with van der Waals surface area (Å²) in [6.45, 7) is 0. The number of rotatable bonds is 5. The number of carbonyl (C=O) groups is 1. The van der Waals surface area contributed by atoms with E-state index in [2.05, 4.69) is 15.2 Å². The van der Waals surface area contributed by atoms with Crippen LogP contribution in [-0.2, 0) is 17.5 Å². The molecule has 0 saturated heterocycles. The highest BCUT2D eigenvalue weighted by Gasteiger charge is 2.16. The molecule has 0 aliphatic rings. The van der Waals surface area contributed by atoms with Crippen molar-refractivity contribution in [3.8, 4) is 11.4 Å². The number of hydrogen-bond donors (Lipinski definition) is 0. The number of methoxy groups -OCH3 is 1. The summed E-state index contributed by atoms with van der Waals surface area (Å²) in [5, 5.41) is 8.92. The third-order valence-electron chi connectivity index (χ3n) is 4.24. The van der Waals surface area contributed by atoms with Crippen molar-refractivity contribution in [2.45, 2.75) is 10.9 Å². The molecule has 0 unspecified atom stereocenters. The number of pyridine rings is 1. The van der Waals surface area contributed by atoms with Gasteiger partial charge in [-0.15, -0.1) is 10.2 Å². The van der Waals surface area contributed by atoms with Crippen LogP contribution in [-0.4, -0.2) is 37.2 Å². The molecule has 142 valence electrons. The van der Waals surface area contributed by atoms with Gasteiger partial charge in [0.15, 0.2) is 16.6 Å². The molecular weight excluding hydrogens is 381 g/mol. The maximum Gasteiger partial charge on any atom is 0.341 e. The van der Waals surface area contributed by atoms with Crippen LogP contribution in [0.5, 0.6) is 0 Å². The molecule has 0 fully saturated rings. The van der Waals surface area contributed by atoms with Gasteiger partial charge in [0, 0.05) is 25.2 Å². The van der Waals surface area contributed by atoms with Gasteiger partial charge in [0.2, 0.25) is 0 Å². The van der Waals surface area contributed by atoms with Crippen molar-refractivity contribution in [3.05, 3.63) is 65.9 Å². The Morgan fingerprint density at radius 2 is 2.04 bits per heavy atom. The molecule has 4 aromatic rings. The number of halogens is 1. The molecule has 0 atom stereocenters. The van der Waals surface area contributed by atoms with Gasteiger partial charge in [0.25, 0.3) is 0 Å². The Hall–Kier alpha value is -3.20. The Bertz CT molecular complexity index is 1170. The molecule has 3 aromatic heterocycles. The van der Waals surface area contributed by atoms with Crippen LogP contribution in [0.2, 0.25) is 0 Å². The lowest BCUT2D eigenvalue weighted by atomic mass is 10.2. The number of esters is 1. The molecule has 9 heteroatoms. The van der Waals surface area contributed by atoms with Crippen LogP contribution < -0.4 is 0 Å². The molecule has 0 aliphatic carbocycles. The van der Waals surface area contributed by atoms with Crippen molar-refractivity contribution >= 4 is 23.4 Å². The van der Waals surface area contributed by atoms with Gasteiger partial charge >= 0.3 is 5.97 Å². The number of benzene rings is 1. The van der Waals surface area contributed by atoms with E-state index in [0.717, 1.165) is 5.69 Å². The van der Waals surface area contributed by atoms with Gasteiger partial charge in [0.1, 0.15) is 11.4 Å². The summed E-state index contributed by atoms with van der Waals surface area (Å²) in [6, 6.07) is 9.90. The summed E-state index contributed by atoms with van der Waals surface area (Å²) in [7, 11) is 3.13. The zero-order valence-corrected chi connectivity index (χ0v) is 16.0. The molecule has 4 rings (SSSR count). The fourth-order valence-electron chi connectivity index (χ4n) is 2.86. The van der Waals surface area contributed by atoms with E-state index in [0.29, 0.717) is 33.5 Å². The fraction of sp³-hybridized carbons (Fsp3) is 0.158. The first-order valence-corrected chi connectivity index (χ1v) is 9.39. The number of fused-ring (bicyclic) bond motifs is 1.